The van der Waals surface area contributed by atoms with Crippen LogP contribution in [0.15, 0.2) is 6.20 Å². The van der Waals surface area contributed by atoms with Crippen LogP contribution in [-0.4, -0.2) is 47.2 Å². The number of rotatable bonds is 7. The van der Waals surface area contributed by atoms with E-state index >= 15 is 0 Å². The van der Waals surface area contributed by atoms with Crippen molar-refractivity contribution in [2.45, 2.75) is 13.3 Å². The lowest BCUT2D eigenvalue weighted by molar-refractivity contribution is 0.0215. The standard InChI is InChI=1S/C10H13F2N3O3/c1-6-14-4-7(10(16)17)9(15-6)13-2-3-18-5-8(11)12/h4,8H,2-3,5H2,1H3,(H,16,17)(H,13,14,15). The molecule has 100 valence electrons. The summed E-state index contributed by atoms with van der Waals surface area (Å²) in [4.78, 5) is 18.5. The highest BCUT2D eigenvalue weighted by Gasteiger charge is 2.12. The largest absolute Gasteiger partial charge is 0.477 e. The second-order valence-electron chi connectivity index (χ2n) is 3.38. The predicted octanol–water partition coefficient (Wildman–Crippen LogP) is 1.18. The fourth-order valence-electron chi connectivity index (χ4n) is 1.18. The van der Waals surface area contributed by atoms with Gasteiger partial charge < -0.3 is 15.2 Å². The van der Waals surface area contributed by atoms with Crippen LogP contribution in [0.25, 0.3) is 0 Å². The van der Waals surface area contributed by atoms with Crippen molar-refractivity contribution in [1.29, 1.82) is 0 Å². The molecular weight excluding hydrogens is 248 g/mol. The quantitative estimate of drug-likeness (QED) is 0.717. The monoisotopic (exact) mass is 261 g/mol. The summed E-state index contributed by atoms with van der Waals surface area (Å²) in [5.41, 5.74) is -0.0746. The molecule has 8 heteroatoms. The van der Waals surface area contributed by atoms with E-state index in [1.54, 1.807) is 6.92 Å². The summed E-state index contributed by atoms with van der Waals surface area (Å²) in [7, 11) is 0. The van der Waals surface area contributed by atoms with Gasteiger partial charge in [-0.05, 0) is 6.92 Å². The van der Waals surface area contributed by atoms with E-state index in [1.165, 1.54) is 6.20 Å². The maximum Gasteiger partial charge on any atom is 0.341 e. The topological polar surface area (TPSA) is 84.3 Å². The van der Waals surface area contributed by atoms with Gasteiger partial charge in [0.25, 0.3) is 6.43 Å². The van der Waals surface area contributed by atoms with Crippen LogP contribution in [0.5, 0.6) is 0 Å². The third kappa shape index (κ3) is 4.58. The molecule has 0 fully saturated rings. The zero-order valence-electron chi connectivity index (χ0n) is 9.69. The van der Waals surface area contributed by atoms with Crippen molar-refractivity contribution in [3.05, 3.63) is 17.6 Å². The van der Waals surface area contributed by atoms with E-state index in [2.05, 4.69) is 20.0 Å². The molecule has 0 unspecified atom stereocenters. The Morgan fingerprint density at radius 1 is 1.61 bits per heavy atom. The molecule has 1 heterocycles. The number of hydrogen-bond donors (Lipinski definition) is 2. The van der Waals surface area contributed by atoms with E-state index in [4.69, 9.17) is 5.11 Å². The number of nitrogens with zero attached hydrogens (tertiary/aromatic N) is 2. The van der Waals surface area contributed by atoms with Gasteiger partial charge in [0.2, 0.25) is 0 Å². The van der Waals surface area contributed by atoms with E-state index in [0.29, 0.717) is 5.82 Å². The summed E-state index contributed by atoms with van der Waals surface area (Å²) in [5.74, 6) is -0.599. The molecule has 1 rings (SSSR count). The molecule has 0 saturated carbocycles. The summed E-state index contributed by atoms with van der Waals surface area (Å²) in [5, 5.41) is 11.6. The summed E-state index contributed by atoms with van der Waals surface area (Å²) in [6.45, 7) is 1.19. The van der Waals surface area contributed by atoms with Crippen LogP contribution in [0.1, 0.15) is 16.2 Å². The molecule has 18 heavy (non-hydrogen) atoms. The zero-order chi connectivity index (χ0) is 13.5. The Balaban J connectivity index is 2.50. The molecule has 0 aliphatic rings. The van der Waals surface area contributed by atoms with Crippen LogP contribution in [0, 0.1) is 6.92 Å². The average Bonchev–Trinajstić information content (AvgIpc) is 2.27. The number of nitrogens with one attached hydrogen (secondary N) is 1. The van der Waals surface area contributed by atoms with E-state index in [9.17, 15) is 13.6 Å². The number of aryl methyl sites for hydroxylation is 1. The number of aromatic nitrogens is 2. The van der Waals surface area contributed by atoms with E-state index in [1.807, 2.05) is 0 Å². The lowest BCUT2D eigenvalue weighted by Gasteiger charge is -2.09. The molecule has 1 aromatic rings. The van der Waals surface area contributed by atoms with Crippen molar-refractivity contribution < 1.29 is 23.4 Å². The highest BCUT2D eigenvalue weighted by molar-refractivity contribution is 5.92. The Hall–Kier alpha value is -1.83. The normalized spacial score (nSPS) is 10.7. The number of carboxylic acid groups (broad SMARTS) is 1. The van der Waals surface area contributed by atoms with Crippen molar-refractivity contribution in [3.63, 3.8) is 0 Å². The number of aromatic carboxylic acids is 1. The molecule has 0 aromatic carbocycles. The second kappa shape index (κ2) is 6.80. The van der Waals surface area contributed by atoms with Crippen LogP contribution in [0.4, 0.5) is 14.6 Å². The van der Waals surface area contributed by atoms with Gasteiger partial charge in [-0.3, -0.25) is 0 Å². The molecule has 0 aliphatic carbocycles. The second-order valence-corrected chi connectivity index (χ2v) is 3.38. The lowest BCUT2D eigenvalue weighted by atomic mass is 10.3. The molecule has 1 aromatic heterocycles. The molecule has 2 N–H and O–H groups in total. The van der Waals surface area contributed by atoms with Gasteiger partial charge in [0.05, 0.1) is 6.61 Å². The molecule has 6 nitrogen and oxygen atoms in total. The number of hydrogen-bond acceptors (Lipinski definition) is 5. The van der Waals surface area contributed by atoms with Crippen molar-refractivity contribution in [1.82, 2.24) is 9.97 Å². The first kappa shape index (κ1) is 14.2. The number of alkyl halides is 2. The number of ether oxygens (including phenoxy) is 1. The fourth-order valence-corrected chi connectivity index (χ4v) is 1.18. The maximum atomic E-state index is 11.8. The third-order valence-electron chi connectivity index (χ3n) is 1.92. The van der Waals surface area contributed by atoms with Crippen molar-refractivity contribution in [2.75, 3.05) is 25.1 Å². The van der Waals surface area contributed by atoms with Gasteiger partial charge >= 0.3 is 5.97 Å². The zero-order valence-corrected chi connectivity index (χ0v) is 9.69. The molecule has 0 atom stereocenters. The minimum absolute atomic E-state index is 0.0342. The molecule has 0 radical (unpaired) electrons. The number of halogens is 2. The van der Waals surface area contributed by atoms with Crippen LogP contribution < -0.4 is 5.32 Å². The summed E-state index contributed by atoms with van der Waals surface area (Å²) >= 11 is 0. The molecular formula is C10H13F2N3O3. The Labute approximate surface area is 102 Å². The van der Waals surface area contributed by atoms with Crippen molar-refractivity contribution in [3.8, 4) is 0 Å². The highest BCUT2D eigenvalue weighted by Crippen LogP contribution is 2.10. The molecule has 0 aliphatic heterocycles. The number of carboxylic acids is 1. The summed E-state index contributed by atoms with van der Waals surface area (Å²) in [6, 6.07) is 0. The number of carbonyl (C=O) groups is 1. The van der Waals surface area contributed by atoms with Crippen LogP contribution in [-0.2, 0) is 4.74 Å². The van der Waals surface area contributed by atoms with Crippen LogP contribution in [0.2, 0.25) is 0 Å². The maximum absolute atomic E-state index is 11.8. The minimum Gasteiger partial charge on any atom is -0.477 e. The molecule has 0 amide bonds. The molecule has 0 saturated heterocycles. The van der Waals surface area contributed by atoms with Crippen molar-refractivity contribution >= 4 is 11.8 Å². The van der Waals surface area contributed by atoms with E-state index in [0.717, 1.165) is 0 Å². The molecule has 0 spiro atoms. The Morgan fingerprint density at radius 3 is 2.94 bits per heavy atom. The Bertz CT molecular complexity index is 415. The first-order chi connectivity index (χ1) is 8.50. The van der Waals surface area contributed by atoms with E-state index in [-0.39, 0.29) is 24.5 Å². The SMILES string of the molecule is Cc1ncc(C(=O)O)c(NCCOCC(F)F)n1. The first-order valence-electron chi connectivity index (χ1n) is 5.17. The van der Waals surface area contributed by atoms with Gasteiger partial charge in [-0.25, -0.2) is 23.5 Å². The Morgan fingerprint density at radius 2 is 2.33 bits per heavy atom. The summed E-state index contributed by atoms with van der Waals surface area (Å²) < 4.78 is 28.2. The summed E-state index contributed by atoms with van der Waals surface area (Å²) in [6.07, 6.45) is -1.33. The van der Waals surface area contributed by atoms with Gasteiger partial charge in [-0.15, -0.1) is 0 Å². The fraction of sp³-hybridized carbons (Fsp3) is 0.500. The first-order valence-corrected chi connectivity index (χ1v) is 5.17. The van der Waals surface area contributed by atoms with Gasteiger partial charge in [0.1, 0.15) is 23.8 Å². The van der Waals surface area contributed by atoms with Gasteiger partial charge in [-0.2, -0.15) is 0 Å². The minimum atomic E-state index is -2.51. The lowest BCUT2D eigenvalue weighted by Crippen LogP contribution is -2.16. The van der Waals surface area contributed by atoms with Crippen LogP contribution >= 0.6 is 0 Å². The predicted molar refractivity (Wildman–Crippen MR) is 59.0 cm³/mol. The molecule has 0 bridgehead atoms. The van der Waals surface area contributed by atoms with Crippen molar-refractivity contribution in [2.24, 2.45) is 0 Å². The van der Waals surface area contributed by atoms with E-state index < -0.39 is 19.0 Å². The average molecular weight is 261 g/mol. The van der Waals surface area contributed by atoms with Gasteiger partial charge in [-0.1, -0.05) is 0 Å². The highest BCUT2D eigenvalue weighted by atomic mass is 19.3. The smallest absolute Gasteiger partial charge is 0.341 e. The Kier molecular flexibility index (Phi) is 5.37. The number of anilines is 1. The third-order valence-corrected chi connectivity index (χ3v) is 1.92. The van der Waals surface area contributed by atoms with Gasteiger partial charge in [0.15, 0.2) is 0 Å². The van der Waals surface area contributed by atoms with Crippen LogP contribution in [0.3, 0.4) is 0 Å². The van der Waals surface area contributed by atoms with Gasteiger partial charge in [0, 0.05) is 12.7 Å².